The Bertz CT molecular complexity index is 1060. The van der Waals surface area contributed by atoms with E-state index >= 15 is 0 Å². The third kappa shape index (κ3) is 7.14. The summed E-state index contributed by atoms with van der Waals surface area (Å²) < 4.78 is 11.7. The third-order valence-electron chi connectivity index (χ3n) is 4.10. The molecule has 0 radical (unpaired) electrons. The molecule has 0 aliphatic heterocycles. The highest BCUT2D eigenvalue weighted by Crippen LogP contribution is 2.29. The Morgan fingerprint density at radius 1 is 0.968 bits per heavy atom. The Balaban J connectivity index is 1.61. The largest absolute Gasteiger partial charge is 0.490 e. The standard InChI is InChI=1S/C23H21Cl2N3O2S/c1-2-29-22-13-16(14-26-28-23(31)27-18-6-4-3-5-7-18)9-11-21(22)30-15-17-8-10-19(24)20(25)12-17/h3-14H,2,15H2,1H3,(H2,27,28,31)/p+1. The molecule has 0 atom stereocenters. The fraction of sp³-hybridized carbons (Fsp3) is 0.130. The van der Waals surface area contributed by atoms with Gasteiger partial charge in [0.25, 0.3) is 0 Å². The van der Waals surface area contributed by atoms with Crippen LogP contribution in [-0.4, -0.2) is 17.9 Å². The minimum atomic E-state index is 0.346. The van der Waals surface area contributed by atoms with E-state index in [9.17, 15) is 0 Å². The Labute approximate surface area is 197 Å². The number of hydrogen-bond acceptors (Lipinski definition) is 3. The normalized spacial score (nSPS) is 10.7. The number of anilines is 1. The van der Waals surface area contributed by atoms with E-state index in [0.717, 1.165) is 16.8 Å². The molecule has 3 aromatic carbocycles. The van der Waals surface area contributed by atoms with Crippen molar-refractivity contribution in [3.05, 3.63) is 87.9 Å². The highest BCUT2D eigenvalue weighted by Gasteiger charge is 2.09. The van der Waals surface area contributed by atoms with Crippen molar-refractivity contribution in [2.45, 2.75) is 13.5 Å². The van der Waals surface area contributed by atoms with Crippen LogP contribution in [-0.2, 0) is 6.61 Å². The number of para-hydroxylation sites is 1. The first-order valence-corrected chi connectivity index (χ1v) is 10.8. The molecule has 0 fully saturated rings. The smallest absolute Gasteiger partial charge is 0.228 e. The summed E-state index contributed by atoms with van der Waals surface area (Å²) >= 11 is 17.3. The molecule has 0 saturated heterocycles. The molecule has 8 heteroatoms. The summed E-state index contributed by atoms with van der Waals surface area (Å²) in [7, 11) is 0. The molecule has 0 amide bonds. The molecule has 5 nitrogen and oxygen atoms in total. The number of nitrogens with one attached hydrogen (secondary N) is 3. The van der Waals surface area contributed by atoms with Crippen LogP contribution in [0.2, 0.25) is 10.0 Å². The van der Waals surface area contributed by atoms with Gasteiger partial charge in [-0.1, -0.05) is 47.5 Å². The quantitative estimate of drug-likeness (QED) is 0.257. The van der Waals surface area contributed by atoms with Gasteiger partial charge >= 0.3 is 0 Å². The van der Waals surface area contributed by atoms with Gasteiger partial charge in [0.15, 0.2) is 17.7 Å². The lowest BCUT2D eigenvalue weighted by atomic mass is 10.2. The summed E-state index contributed by atoms with van der Waals surface area (Å²) in [5.74, 6) is 1.28. The lowest BCUT2D eigenvalue weighted by Crippen LogP contribution is -2.82. The zero-order valence-electron chi connectivity index (χ0n) is 16.8. The summed E-state index contributed by atoms with van der Waals surface area (Å²) in [4.78, 5) is 0. The molecule has 0 aromatic heterocycles. The molecule has 0 spiro atoms. The van der Waals surface area contributed by atoms with E-state index in [1.54, 1.807) is 18.3 Å². The first-order chi connectivity index (χ1) is 15.0. The van der Waals surface area contributed by atoms with Gasteiger partial charge in [0.05, 0.1) is 16.7 Å². The number of hydrazone groups is 1. The lowest BCUT2D eigenvalue weighted by molar-refractivity contribution is -0.499. The third-order valence-corrected chi connectivity index (χ3v) is 5.05. The van der Waals surface area contributed by atoms with Crippen LogP contribution < -0.4 is 25.3 Å². The Morgan fingerprint density at radius 3 is 2.52 bits per heavy atom. The van der Waals surface area contributed by atoms with Gasteiger partial charge in [0.2, 0.25) is 5.11 Å². The molecule has 0 unspecified atom stereocenters. The van der Waals surface area contributed by atoms with E-state index in [2.05, 4.69) is 15.8 Å². The van der Waals surface area contributed by atoms with Crippen molar-refractivity contribution in [2.75, 3.05) is 11.9 Å². The maximum absolute atomic E-state index is 6.07. The highest BCUT2D eigenvalue weighted by atomic mass is 35.5. The Morgan fingerprint density at radius 2 is 1.77 bits per heavy atom. The molecular weight excluding hydrogens is 453 g/mol. The predicted octanol–water partition coefficient (Wildman–Crippen LogP) is 4.37. The first kappa shape index (κ1) is 22.9. The fourth-order valence-corrected chi connectivity index (χ4v) is 3.16. The van der Waals surface area contributed by atoms with Crippen molar-refractivity contribution in [2.24, 2.45) is 0 Å². The number of hydrazine groups is 1. The van der Waals surface area contributed by atoms with Crippen LogP contribution in [0.25, 0.3) is 0 Å². The minimum absolute atomic E-state index is 0.346. The molecule has 0 saturated carbocycles. The summed E-state index contributed by atoms with van der Waals surface area (Å²) in [6.45, 7) is 2.79. The molecule has 0 bridgehead atoms. The van der Waals surface area contributed by atoms with E-state index in [1.807, 2.05) is 61.5 Å². The molecule has 0 heterocycles. The fourth-order valence-electron chi connectivity index (χ4n) is 2.66. The minimum Gasteiger partial charge on any atom is -0.490 e. The average molecular weight is 475 g/mol. The molecule has 3 aromatic rings. The van der Waals surface area contributed by atoms with Crippen LogP contribution in [0.15, 0.2) is 66.7 Å². The van der Waals surface area contributed by atoms with Crippen LogP contribution in [0.5, 0.6) is 11.5 Å². The topological polar surface area (TPSA) is 56.5 Å². The number of hydrogen-bond donors (Lipinski definition) is 3. The second-order valence-corrected chi connectivity index (χ2v) is 7.63. The number of benzene rings is 3. The lowest BCUT2D eigenvalue weighted by Gasteiger charge is -2.12. The van der Waals surface area contributed by atoms with Crippen molar-refractivity contribution in [1.82, 2.24) is 5.43 Å². The van der Waals surface area contributed by atoms with Gasteiger partial charge in [0, 0.05) is 11.3 Å². The number of rotatable bonds is 8. The van der Waals surface area contributed by atoms with Crippen LogP contribution >= 0.6 is 35.4 Å². The first-order valence-electron chi connectivity index (χ1n) is 9.59. The zero-order chi connectivity index (χ0) is 22.1. The highest BCUT2D eigenvalue weighted by molar-refractivity contribution is 7.80. The maximum atomic E-state index is 6.07. The second kappa shape index (κ2) is 11.6. The molecular formula is C23H22Cl2N3O2S+. The monoisotopic (exact) mass is 474 g/mol. The van der Waals surface area contributed by atoms with Gasteiger partial charge in [-0.25, -0.2) is 0 Å². The Hall–Kier alpha value is -2.80. The van der Waals surface area contributed by atoms with Gasteiger partial charge < -0.3 is 14.8 Å². The SMILES string of the molecule is CCOc1cc(C=[NH+]NC(=S)Nc2ccccc2)ccc1OCc1ccc(Cl)c(Cl)c1. The van der Waals surface area contributed by atoms with Gasteiger partial charge in [0.1, 0.15) is 6.61 Å². The van der Waals surface area contributed by atoms with Crippen LogP contribution in [0.1, 0.15) is 18.1 Å². The van der Waals surface area contributed by atoms with E-state index < -0.39 is 0 Å². The van der Waals surface area contributed by atoms with Crippen LogP contribution in [0.3, 0.4) is 0 Å². The molecule has 0 aliphatic rings. The van der Waals surface area contributed by atoms with Crippen molar-refractivity contribution in [3.8, 4) is 11.5 Å². The number of thiocarbonyl (C=S) groups is 1. The van der Waals surface area contributed by atoms with Gasteiger partial charge in [-0.05, 0) is 67.2 Å². The van der Waals surface area contributed by atoms with Crippen molar-refractivity contribution < 1.29 is 14.6 Å². The van der Waals surface area contributed by atoms with Crippen LogP contribution in [0.4, 0.5) is 5.69 Å². The molecule has 3 N–H and O–H groups in total. The molecule has 0 aliphatic carbocycles. The number of halogens is 2. The zero-order valence-corrected chi connectivity index (χ0v) is 19.2. The van der Waals surface area contributed by atoms with Gasteiger partial charge in [-0.15, -0.1) is 10.5 Å². The van der Waals surface area contributed by atoms with Crippen LogP contribution in [0, 0.1) is 0 Å². The van der Waals surface area contributed by atoms with E-state index in [-0.39, 0.29) is 0 Å². The summed E-state index contributed by atoms with van der Waals surface area (Å²) in [6.07, 6.45) is 1.78. The maximum Gasteiger partial charge on any atom is 0.228 e. The Kier molecular flexibility index (Phi) is 8.53. The molecule has 3 rings (SSSR count). The van der Waals surface area contributed by atoms with E-state index in [4.69, 9.17) is 44.9 Å². The number of ether oxygens (including phenoxy) is 2. The van der Waals surface area contributed by atoms with E-state index in [1.165, 1.54) is 0 Å². The van der Waals surface area contributed by atoms with Crippen molar-refractivity contribution >= 4 is 52.4 Å². The van der Waals surface area contributed by atoms with Crippen molar-refractivity contribution in [3.63, 3.8) is 0 Å². The van der Waals surface area contributed by atoms with Gasteiger partial charge in [-0.2, -0.15) is 0 Å². The van der Waals surface area contributed by atoms with Gasteiger partial charge in [-0.3, -0.25) is 0 Å². The summed E-state index contributed by atoms with van der Waals surface area (Å²) in [6, 6.07) is 20.7. The second-order valence-electron chi connectivity index (χ2n) is 6.41. The van der Waals surface area contributed by atoms with Crippen molar-refractivity contribution in [1.29, 1.82) is 0 Å². The average Bonchev–Trinajstić information content (AvgIpc) is 2.76. The summed E-state index contributed by atoms with van der Waals surface area (Å²) in [5.41, 5.74) is 5.63. The van der Waals surface area contributed by atoms with E-state index in [0.29, 0.717) is 39.9 Å². The predicted molar refractivity (Wildman–Crippen MR) is 130 cm³/mol. The molecule has 31 heavy (non-hydrogen) atoms. The molecule has 160 valence electrons. The summed E-state index contributed by atoms with van der Waals surface area (Å²) in [5, 5.41) is 7.52.